The van der Waals surface area contributed by atoms with Gasteiger partial charge in [0.05, 0.1) is 28.9 Å². The minimum Gasteiger partial charge on any atom is -0.369 e. The second kappa shape index (κ2) is 8.25. The average Bonchev–Trinajstić information content (AvgIpc) is 3.35. The van der Waals surface area contributed by atoms with Gasteiger partial charge in [-0.15, -0.1) is 5.10 Å². The van der Waals surface area contributed by atoms with Crippen molar-refractivity contribution >= 4 is 5.91 Å². The van der Waals surface area contributed by atoms with Crippen LogP contribution in [0.3, 0.4) is 0 Å². The summed E-state index contributed by atoms with van der Waals surface area (Å²) in [6.45, 7) is 10.5. The summed E-state index contributed by atoms with van der Waals surface area (Å²) >= 11 is 0. The van der Waals surface area contributed by atoms with E-state index in [0.29, 0.717) is 23.0 Å². The third-order valence-corrected chi connectivity index (χ3v) is 7.84. The highest BCUT2D eigenvalue weighted by Gasteiger charge is 2.56. The van der Waals surface area contributed by atoms with Crippen LogP contribution in [-0.2, 0) is 16.6 Å². The van der Waals surface area contributed by atoms with Crippen LogP contribution in [0.15, 0.2) is 42.9 Å². The number of nitrogens with zero attached hydrogens (tertiary/aromatic N) is 7. The first kappa shape index (κ1) is 23.7. The predicted molar refractivity (Wildman–Crippen MR) is 131 cm³/mol. The summed E-state index contributed by atoms with van der Waals surface area (Å²) in [6, 6.07) is 8.82. The highest BCUT2D eigenvalue weighted by molar-refractivity contribution is 5.75. The number of aromatic nitrogens is 7. The molecule has 1 aromatic carbocycles. The van der Waals surface area contributed by atoms with Crippen molar-refractivity contribution in [3.63, 3.8) is 0 Å². The number of fused-ring (bicyclic) bond motifs is 1. The molecule has 1 aliphatic rings. The third-order valence-electron chi connectivity index (χ3n) is 7.84. The molecule has 5 rings (SSSR count). The molecule has 1 amide bonds. The van der Waals surface area contributed by atoms with Crippen LogP contribution >= 0.6 is 0 Å². The van der Waals surface area contributed by atoms with Crippen LogP contribution in [-0.4, -0.2) is 40.8 Å². The quantitative estimate of drug-likeness (QED) is 0.458. The van der Waals surface area contributed by atoms with E-state index in [0.717, 1.165) is 22.5 Å². The Bertz CT molecular complexity index is 1480. The molecule has 2 N–H and O–H groups in total. The molecule has 9 nitrogen and oxygen atoms in total. The predicted octanol–water partition coefficient (Wildman–Crippen LogP) is 3.44. The number of benzene rings is 1. The fourth-order valence-electron chi connectivity index (χ4n) is 5.15. The Kier molecular flexibility index (Phi) is 5.42. The third kappa shape index (κ3) is 3.47. The maximum atomic E-state index is 14.7. The molecule has 0 saturated heterocycles. The lowest BCUT2D eigenvalue weighted by atomic mass is 9.63. The number of hydrogen-bond donors (Lipinski definition) is 1. The summed E-state index contributed by atoms with van der Waals surface area (Å²) in [5.41, 5.74) is 8.68. The summed E-state index contributed by atoms with van der Waals surface area (Å²) in [5, 5.41) is 13.4. The first-order chi connectivity index (χ1) is 17.0. The Labute approximate surface area is 208 Å². The smallest absolute Gasteiger partial charge is 0.252 e. The molecule has 0 fully saturated rings. The lowest BCUT2D eigenvalue weighted by Crippen LogP contribution is -2.39. The van der Waals surface area contributed by atoms with Gasteiger partial charge in [-0.25, -0.2) is 19.3 Å². The number of carbonyl (C=O) groups is 1. The van der Waals surface area contributed by atoms with E-state index in [2.05, 4.69) is 53.0 Å². The van der Waals surface area contributed by atoms with Gasteiger partial charge < -0.3 is 5.73 Å². The zero-order valence-corrected chi connectivity index (χ0v) is 20.8. The van der Waals surface area contributed by atoms with E-state index in [1.165, 1.54) is 17.1 Å². The van der Waals surface area contributed by atoms with Gasteiger partial charge in [0.1, 0.15) is 12.1 Å². The van der Waals surface area contributed by atoms with Crippen LogP contribution in [0.5, 0.6) is 0 Å². The second-order valence-corrected chi connectivity index (χ2v) is 10.0. The molecule has 2 atom stereocenters. The molecule has 1 aliphatic carbocycles. The number of nitrogens with two attached hydrogens (primary N) is 1. The lowest BCUT2D eigenvalue weighted by molar-refractivity contribution is -0.117. The second-order valence-electron chi connectivity index (χ2n) is 10.0. The van der Waals surface area contributed by atoms with Gasteiger partial charge >= 0.3 is 0 Å². The number of primary amides is 1. The minimum absolute atomic E-state index is 0.0677. The Morgan fingerprint density at radius 1 is 1.17 bits per heavy atom. The Balaban J connectivity index is 1.62. The molecule has 0 aliphatic heterocycles. The van der Waals surface area contributed by atoms with E-state index < -0.39 is 11.3 Å². The SMILES string of the molecule is Cc1cccc(F)c1-c1cc2c(nn1)[C@](C)(c1ccnc(-n3cnc(CC(N)=O)n3)n1)C(C)(C)[C@H]2C. The van der Waals surface area contributed by atoms with Crippen molar-refractivity contribution in [1.29, 1.82) is 0 Å². The number of hydrogen-bond acceptors (Lipinski definition) is 7. The molecule has 184 valence electrons. The van der Waals surface area contributed by atoms with Crippen LogP contribution in [0.25, 0.3) is 17.2 Å². The molecule has 0 spiro atoms. The summed E-state index contributed by atoms with van der Waals surface area (Å²) < 4.78 is 16.1. The van der Waals surface area contributed by atoms with E-state index in [4.69, 9.17) is 10.7 Å². The van der Waals surface area contributed by atoms with Crippen molar-refractivity contribution < 1.29 is 9.18 Å². The maximum absolute atomic E-state index is 14.7. The van der Waals surface area contributed by atoms with Crippen molar-refractivity contribution in [1.82, 2.24) is 34.9 Å². The summed E-state index contributed by atoms with van der Waals surface area (Å²) in [5.74, 6) is -0.131. The largest absolute Gasteiger partial charge is 0.369 e. The van der Waals surface area contributed by atoms with Gasteiger partial charge in [-0.3, -0.25) is 4.79 Å². The van der Waals surface area contributed by atoms with Crippen molar-refractivity contribution in [2.45, 2.75) is 52.4 Å². The van der Waals surface area contributed by atoms with Gasteiger partial charge in [0.2, 0.25) is 5.91 Å². The van der Waals surface area contributed by atoms with Crippen molar-refractivity contribution in [2.24, 2.45) is 11.1 Å². The van der Waals surface area contributed by atoms with Gasteiger partial charge in [-0.1, -0.05) is 32.9 Å². The zero-order valence-electron chi connectivity index (χ0n) is 20.8. The van der Waals surface area contributed by atoms with E-state index in [1.807, 2.05) is 25.1 Å². The zero-order chi connectivity index (χ0) is 25.8. The molecule has 3 aromatic heterocycles. The van der Waals surface area contributed by atoms with Gasteiger partial charge in [-0.2, -0.15) is 14.9 Å². The highest BCUT2D eigenvalue weighted by atomic mass is 19.1. The van der Waals surface area contributed by atoms with E-state index >= 15 is 0 Å². The van der Waals surface area contributed by atoms with Crippen LogP contribution in [0.2, 0.25) is 0 Å². The topological polar surface area (TPSA) is 125 Å². The molecule has 3 heterocycles. The number of rotatable bonds is 5. The molecule has 0 unspecified atom stereocenters. The average molecular weight is 487 g/mol. The number of carbonyl (C=O) groups excluding carboxylic acids is 1. The first-order valence-electron chi connectivity index (χ1n) is 11.7. The van der Waals surface area contributed by atoms with Gasteiger partial charge in [0.15, 0.2) is 5.82 Å². The van der Waals surface area contributed by atoms with Crippen LogP contribution in [0.4, 0.5) is 4.39 Å². The number of aryl methyl sites for hydroxylation is 1. The molecule has 36 heavy (non-hydrogen) atoms. The normalized spacial score (nSPS) is 20.3. The fourth-order valence-corrected chi connectivity index (χ4v) is 5.15. The monoisotopic (exact) mass is 486 g/mol. The molecule has 0 bridgehead atoms. The Morgan fingerprint density at radius 3 is 2.67 bits per heavy atom. The lowest BCUT2D eigenvalue weighted by Gasteiger charge is -2.40. The van der Waals surface area contributed by atoms with Crippen LogP contribution < -0.4 is 5.73 Å². The minimum atomic E-state index is -0.619. The summed E-state index contributed by atoms with van der Waals surface area (Å²) in [6.07, 6.45) is 3.06. The molecule has 0 radical (unpaired) electrons. The van der Waals surface area contributed by atoms with Crippen molar-refractivity contribution in [3.05, 3.63) is 77.0 Å². The summed E-state index contributed by atoms with van der Waals surface area (Å²) in [4.78, 5) is 24.5. The Hall–Kier alpha value is -4.08. The molecule has 10 heteroatoms. The van der Waals surface area contributed by atoms with E-state index in [-0.39, 0.29) is 23.6 Å². The van der Waals surface area contributed by atoms with Crippen LogP contribution in [0.1, 0.15) is 62.0 Å². The van der Waals surface area contributed by atoms with Crippen molar-refractivity contribution in [3.8, 4) is 17.2 Å². The standard InChI is InChI=1S/C26H27FN8O/c1-14-7-6-8-17(27)22(14)18-11-16-15(2)25(3,4)26(5,23(16)33-32-18)19-9-10-29-24(31-19)35-13-30-21(34-35)12-20(28)36/h6-11,13,15H,12H2,1-5H3,(H2,28,36)/t15-,26-/m0/s1. The van der Waals surface area contributed by atoms with Gasteiger partial charge in [0.25, 0.3) is 5.95 Å². The Morgan fingerprint density at radius 2 is 1.94 bits per heavy atom. The molecule has 4 aromatic rings. The van der Waals surface area contributed by atoms with E-state index in [9.17, 15) is 9.18 Å². The summed E-state index contributed by atoms with van der Waals surface area (Å²) in [7, 11) is 0. The van der Waals surface area contributed by atoms with Gasteiger partial charge in [-0.05, 0) is 54.5 Å². The first-order valence-corrected chi connectivity index (χ1v) is 11.7. The van der Waals surface area contributed by atoms with Crippen LogP contribution in [0, 0.1) is 18.2 Å². The highest BCUT2D eigenvalue weighted by Crippen LogP contribution is 2.60. The number of halogens is 1. The maximum Gasteiger partial charge on any atom is 0.252 e. The molecular formula is C26H27FN8O. The molecule has 0 saturated carbocycles. The van der Waals surface area contributed by atoms with E-state index in [1.54, 1.807) is 12.3 Å². The van der Waals surface area contributed by atoms with Gasteiger partial charge in [0, 0.05) is 11.8 Å². The van der Waals surface area contributed by atoms with Crippen molar-refractivity contribution in [2.75, 3.05) is 0 Å². The number of amides is 1. The fraction of sp³-hybridized carbons (Fsp3) is 0.346. The molecular weight excluding hydrogens is 459 g/mol.